The van der Waals surface area contributed by atoms with Gasteiger partial charge in [0.25, 0.3) is 0 Å². The lowest BCUT2D eigenvalue weighted by Gasteiger charge is -2.12. The first-order valence-corrected chi connectivity index (χ1v) is 7.05. The fourth-order valence-electron chi connectivity index (χ4n) is 1.92. The van der Waals surface area contributed by atoms with Gasteiger partial charge in [-0.1, -0.05) is 31.2 Å². The number of urea groups is 1. The van der Waals surface area contributed by atoms with E-state index < -0.39 is 0 Å². The minimum atomic E-state index is -0.284. The smallest absolute Gasteiger partial charge is 0.323 e. The van der Waals surface area contributed by atoms with Crippen LogP contribution in [0.2, 0.25) is 0 Å². The maximum absolute atomic E-state index is 12.0. The lowest BCUT2D eigenvalue weighted by Crippen LogP contribution is -2.20. The van der Waals surface area contributed by atoms with Crippen molar-refractivity contribution in [2.24, 2.45) is 0 Å². The van der Waals surface area contributed by atoms with Crippen molar-refractivity contribution in [3.63, 3.8) is 0 Å². The zero-order chi connectivity index (χ0) is 15.1. The van der Waals surface area contributed by atoms with E-state index in [1.807, 2.05) is 62.4 Å². The summed E-state index contributed by atoms with van der Waals surface area (Å²) in [6.07, 6.45) is 0.920. The highest BCUT2D eigenvalue weighted by Crippen LogP contribution is 2.24. The van der Waals surface area contributed by atoms with Crippen molar-refractivity contribution in [1.82, 2.24) is 0 Å². The Labute approximate surface area is 125 Å². The number of hydrogen-bond donors (Lipinski definition) is 2. The average molecular weight is 284 g/mol. The van der Waals surface area contributed by atoms with Crippen LogP contribution in [0.1, 0.15) is 18.9 Å². The fourth-order valence-corrected chi connectivity index (χ4v) is 1.92. The second-order valence-electron chi connectivity index (χ2n) is 4.79. The first-order chi connectivity index (χ1) is 10.2. The predicted octanol–water partition coefficient (Wildman–Crippen LogP) is 4.43. The Hall–Kier alpha value is -2.49. The molecule has 0 aliphatic carbocycles. The highest BCUT2D eigenvalue weighted by atomic mass is 16.5. The van der Waals surface area contributed by atoms with Crippen molar-refractivity contribution in [3.05, 3.63) is 54.1 Å². The molecule has 0 fully saturated rings. The molecule has 0 aromatic heterocycles. The van der Waals surface area contributed by atoms with Crippen molar-refractivity contribution in [2.75, 3.05) is 17.2 Å². The summed E-state index contributed by atoms with van der Waals surface area (Å²) in [6.45, 7) is 4.65. The maximum Gasteiger partial charge on any atom is 0.323 e. The Bertz CT molecular complexity index is 611. The second kappa shape index (κ2) is 7.33. The molecule has 2 N–H and O–H groups in total. The highest BCUT2D eigenvalue weighted by Gasteiger charge is 2.07. The lowest BCUT2D eigenvalue weighted by molar-refractivity contribution is 0.262. The van der Waals surface area contributed by atoms with Crippen LogP contribution in [0, 0.1) is 6.92 Å². The van der Waals surface area contributed by atoms with Gasteiger partial charge in [0, 0.05) is 5.69 Å². The van der Waals surface area contributed by atoms with Crippen LogP contribution in [0.4, 0.5) is 16.2 Å². The third-order valence-electron chi connectivity index (χ3n) is 2.87. The van der Waals surface area contributed by atoms with Crippen molar-refractivity contribution < 1.29 is 9.53 Å². The molecule has 0 atom stereocenters. The van der Waals surface area contributed by atoms with Crippen molar-refractivity contribution >= 4 is 17.4 Å². The Morgan fingerprint density at radius 3 is 2.67 bits per heavy atom. The molecule has 0 aliphatic heterocycles. The minimum Gasteiger partial charge on any atom is -0.491 e. The van der Waals surface area contributed by atoms with E-state index in [9.17, 15) is 4.79 Å². The van der Waals surface area contributed by atoms with Crippen molar-refractivity contribution in [1.29, 1.82) is 0 Å². The number of nitrogens with one attached hydrogen (secondary N) is 2. The molecule has 0 heterocycles. The van der Waals surface area contributed by atoms with Gasteiger partial charge in [-0.15, -0.1) is 0 Å². The summed E-state index contributed by atoms with van der Waals surface area (Å²) in [7, 11) is 0. The number of ether oxygens (including phenoxy) is 1. The van der Waals surface area contributed by atoms with Crippen LogP contribution in [-0.4, -0.2) is 12.6 Å². The first kappa shape index (κ1) is 14.9. The average Bonchev–Trinajstić information content (AvgIpc) is 2.46. The molecule has 0 radical (unpaired) electrons. The normalized spacial score (nSPS) is 10.0. The van der Waals surface area contributed by atoms with Gasteiger partial charge in [-0.25, -0.2) is 4.79 Å². The number of aryl methyl sites for hydroxylation is 1. The van der Waals surface area contributed by atoms with E-state index in [4.69, 9.17) is 4.74 Å². The van der Waals surface area contributed by atoms with E-state index in [2.05, 4.69) is 10.6 Å². The van der Waals surface area contributed by atoms with Crippen LogP contribution >= 0.6 is 0 Å². The summed E-state index contributed by atoms with van der Waals surface area (Å²) < 4.78 is 5.61. The molecule has 0 saturated carbocycles. The van der Waals surface area contributed by atoms with Gasteiger partial charge in [-0.2, -0.15) is 0 Å². The van der Waals surface area contributed by atoms with Crippen LogP contribution in [0.3, 0.4) is 0 Å². The monoisotopic (exact) mass is 284 g/mol. The van der Waals surface area contributed by atoms with E-state index in [1.54, 1.807) is 0 Å². The van der Waals surface area contributed by atoms with Gasteiger partial charge in [-0.3, -0.25) is 0 Å². The third-order valence-corrected chi connectivity index (χ3v) is 2.87. The Balaban J connectivity index is 2.02. The van der Waals surface area contributed by atoms with Crippen molar-refractivity contribution in [2.45, 2.75) is 20.3 Å². The fraction of sp³-hybridized carbons (Fsp3) is 0.235. The standard InChI is InChI=1S/C17H20N2O2/c1-3-11-21-16-10-5-4-9-15(16)19-17(20)18-14-8-6-7-13(2)12-14/h4-10,12H,3,11H2,1-2H3,(H2,18,19,20). The second-order valence-corrected chi connectivity index (χ2v) is 4.79. The molecule has 0 spiro atoms. The molecule has 0 saturated heterocycles. The minimum absolute atomic E-state index is 0.284. The summed E-state index contributed by atoms with van der Waals surface area (Å²) in [4.78, 5) is 12.0. The number of benzene rings is 2. The van der Waals surface area contributed by atoms with E-state index in [1.165, 1.54) is 0 Å². The number of para-hydroxylation sites is 2. The molecule has 0 bridgehead atoms. The van der Waals surface area contributed by atoms with E-state index in [0.717, 1.165) is 17.7 Å². The number of anilines is 2. The Kier molecular flexibility index (Phi) is 5.21. The molecular weight excluding hydrogens is 264 g/mol. The largest absolute Gasteiger partial charge is 0.491 e. The van der Waals surface area contributed by atoms with Crippen LogP contribution < -0.4 is 15.4 Å². The van der Waals surface area contributed by atoms with E-state index in [0.29, 0.717) is 18.0 Å². The van der Waals surface area contributed by atoms with Gasteiger partial charge in [0.1, 0.15) is 5.75 Å². The molecule has 2 aromatic carbocycles. The topological polar surface area (TPSA) is 50.4 Å². The number of amides is 2. The molecule has 2 rings (SSSR count). The van der Waals surface area contributed by atoms with Crippen LogP contribution in [0.5, 0.6) is 5.75 Å². The van der Waals surface area contributed by atoms with Gasteiger partial charge in [0.15, 0.2) is 0 Å². The number of rotatable bonds is 5. The van der Waals surface area contributed by atoms with Gasteiger partial charge in [0.2, 0.25) is 0 Å². The van der Waals surface area contributed by atoms with Crippen LogP contribution in [-0.2, 0) is 0 Å². The van der Waals surface area contributed by atoms with Crippen LogP contribution in [0.25, 0.3) is 0 Å². The zero-order valence-electron chi connectivity index (χ0n) is 12.3. The molecule has 4 nitrogen and oxygen atoms in total. The molecule has 0 unspecified atom stereocenters. The highest BCUT2D eigenvalue weighted by molar-refractivity contribution is 6.00. The first-order valence-electron chi connectivity index (χ1n) is 7.05. The summed E-state index contributed by atoms with van der Waals surface area (Å²) >= 11 is 0. The Morgan fingerprint density at radius 1 is 1.10 bits per heavy atom. The summed E-state index contributed by atoms with van der Waals surface area (Å²) in [5, 5.41) is 5.62. The molecule has 110 valence electrons. The van der Waals surface area contributed by atoms with Crippen molar-refractivity contribution in [3.8, 4) is 5.75 Å². The molecule has 2 amide bonds. The van der Waals surface area contributed by atoms with Gasteiger partial charge >= 0.3 is 6.03 Å². The summed E-state index contributed by atoms with van der Waals surface area (Å²) in [5.41, 5.74) is 2.52. The van der Waals surface area contributed by atoms with E-state index >= 15 is 0 Å². The van der Waals surface area contributed by atoms with Gasteiger partial charge < -0.3 is 15.4 Å². The van der Waals surface area contributed by atoms with Gasteiger partial charge in [0.05, 0.1) is 12.3 Å². The predicted molar refractivity (Wildman–Crippen MR) is 86.0 cm³/mol. The zero-order valence-corrected chi connectivity index (χ0v) is 12.3. The quantitative estimate of drug-likeness (QED) is 0.853. The SMILES string of the molecule is CCCOc1ccccc1NC(=O)Nc1cccc(C)c1. The molecule has 0 aliphatic rings. The van der Waals surface area contributed by atoms with Gasteiger partial charge in [-0.05, 0) is 43.2 Å². The lowest BCUT2D eigenvalue weighted by atomic mass is 10.2. The number of hydrogen-bond acceptors (Lipinski definition) is 2. The summed E-state index contributed by atoms with van der Waals surface area (Å²) in [5.74, 6) is 0.679. The Morgan fingerprint density at radius 2 is 1.90 bits per heavy atom. The third kappa shape index (κ3) is 4.53. The molecule has 2 aromatic rings. The number of carbonyl (C=O) groups is 1. The maximum atomic E-state index is 12.0. The number of carbonyl (C=O) groups excluding carboxylic acids is 1. The molecule has 21 heavy (non-hydrogen) atoms. The van der Waals surface area contributed by atoms with E-state index in [-0.39, 0.29) is 6.03 Å². The van der Waals surface area contributed by atoms with Crippen LogP contribution in [0.15, 0.2) is 48.5 Å². The molecule has 4 heteroatoms. The molecular formula is C17H20N2O2. The summed E-state index contributed by atoms with van der Waals surface area (Å²) in [6, 6.07) is 14.8.